The van der Waals surface area contributed by atoms with Crippen molar-refractivity contribution in [2.24, 2.45) is 0 Å². The molecule has 54 valence electrons. The molecule has 0 atom stereocenters. The summed E-state index contributed by atoms with van der Waals surface area (Å²) in [5.41, 5.74) is 2.69. The second-order valence-electron chi connectivity index (χ2n) is 2.21. The maximum atomic E-state index is 4.37. The lowest BCUT2D eigenvalue weighted by molar-refractivity contribution is 0.996. The fourth-order valence-electron chi connectivity index (χ4n) is 1.01. The predicted molar refractivity (Wildman–Crippen MR) is 45.5 cm³/mol. The number of hydrogen-bond donors (Lipinski definition) is 0. The molecule has 2 heteroatoms. The number of nitrogens with zero attached hydrogens (tertiary/aromatic N) is 1. The quantitative estimate of drug-likeness (QED) is 0.636. The van der Waals surface area contributed by atoms with Crippen molar-refractivity contribution in [1.82, 2.24) is 4.75 Å². The van der Waals surface area contributed by atoms with Gasteiger partial charge in [-0.2, -0.15) is 0 Å². The Morgan fingerprint density at radius 2 is 2.20 bits per heavy atom. The Kier molecular flexibility index (Phi) is 2.82. The van der Waals surface area contributed by atoms with Crippen LogP contribution in [0.4, 0.5) is 0 Å². The molecule has 1 aromatic rings. The highest BCUT2D eigenvalue weighted by molar-refractivity contribution is 7.24. The zero-order valence-electron chi connectivity index (χ0n) is 6.46. The minimum absolute atomic E-state index is 1.07. The Morgan fingerprint density at radius 3 is 2.70 bits per heavy atom. The molecule has 1 heterocycles. The predicted octanol–water partition coefficient (Wildman–Crippen LogP) is 2.79. The van der Waals surface area contributed by atoms with E-state index >= 15 is 0 Å². The van der Waals surface area contributed by atoms with Gasteiger partial charge in [0.2, 0.25) is 0 Å². The summed E-state index contributed by atoms with van der Waals surface area (Å²) in [5, 5.41) is 0. The molecule has 0 bridgehead atoms. The van der Waals surface area contributed by atoms with Crippen LogP contribution in [0.25, 0.3) is 0 Å². The number of aromatic nitrogens is 1. The molecule has 1 nitrogen and oxygen atoms in total. The maximum absolute atomic E-state index is 4.37. The third-order valence-corrected chi connectivity index (χ3v) is 2.25. The average Bonchev–Trinajstić information content (AvgIpc) is 2.04. The molecule has 1 rings (SSSR count). The summed E-state index contributed by atoms with van der Waals surface area (Å²) in [7, 11) is 1.10. The van der Waals surface area contributed by atoms with Crippen molar-refractivity contribution in [3.63, 3.8) is 0 Å². The van der Waals surface area contributed by atoms with Gasteiger partial charge in [0, 0.05) is 14.0 Å². The van der Waals surface area contributed by atoms with Crippen LogP contribution in [0.1, 0.15) is 25.1 Å². The lowest BCUT2D eigenvalue weighted by Gasteiger charge is -2.00. The summed E-state index contributed by atoms with van der Waals surface area (Å²) in [5.74, 6) is 2.10. The van der Waals surface area contributed by atoms with Gasteiger partial charge in [-0.15, -0.1) is 0 Å². The van der Waals surface area contributed by atoms with Crippen molar-refractivity contribution in [3.8, 4) is 0 Å². The summed E-state index contributed by atoms with van der Waals surface area (Å²) >= 11 is 0. The monoisotopic (exact) mass is 153 g/mol. The van der Waals surface area contributed by atoms with Crippen LogP contribution in [0.2, 0.25) is 0 Å². The van der Waals surface area contributed by atoms with Crippen LogP contribution in [0.5, 0.6) is 0 Å². The van der Waals surface area contributed by atoms with Crippen LogP contribution in [-0.2, 0) is 12.8 Å². The van der Waals surface area contributed by atoms with E-state index in [4.69, 9.17) is 0 Å². The summed E-state index contributed by atoms with van der Waals surface area (Å²) in [6.07, 6.45) is 2.18. The van der Waals surface area contributed by atoms with Crippen molar-refractivity contribution in [1.29, 1.82) is 0 Å². The van der Waals surface area contributed by atoms with Gasteiger partial charge in [-0.25, -0.2) is 4.75 Å². The molecule has 0 radical (unpaired) electrons. The molecule has 0 aliphatic rings. The summed E-state index contributed by atoms with van der Waals surface area (Å²) in [6.45, 7) is 4.33. The zero-order chi connectivity index (χ0) is 7.40. The first-order valence-electron chi connectivity index (χ1n) is 3.68. The molecule has 0 aliphatic carbocycles. The second-order valence-corrected chi connectivity index (χ2v) is 2.94. The standard InChI is InChI=1S/C8H12NP/c1-3-7-5-6-10-9-8(7)4-2/h5-6H,3-4H2,1-2H3. The van der Waals surface area contributed by atoms with Gasteiger partial charge in [0.1, 0.15) is 0 Å². The third kappa shape index (κ3) is 1.54. The smallest absolute Gasteiger partial charge is 0.0482 e. The second kappa shape index (κ2) is 3.68. The molecule has 0 spiro atoms. The Morgan fingerprint density at radius 1 is 1.40 bits per heavy atom. The van der Waals surface area contributed by atoms with E-state index in [-0.39, 0.29) is 0 Å². The molecule has 0 saturated heterocycles. The number of hydrogen-bond acceptors (Lipinski definition) is 1. The van der Waals surface area contributed by atoms with E-state index in [9.17, 15) is 0 Å². The van der Waals surface area contributed by atoms with Gasteiger partial charge < -0.3 is 0 Å². The molecule has 0 aromatic carbocycles. The van der Waals surface area contributed by atoms with Crippen molar-refractivity contribution >= 4 is 8.35 Å². The Labute approximate surface area is 63.7 Å². The van der Waals surface area contributed by atoms with Gasteiger partial charge in [0.25, 0.3) is 0 Å². The SMILES string of the molecule is CCc1ccpnc1CC. The largest absolute Gasteiger partial charge is 0.232 e. The molecular weight excluding hydrogens is 141 g/mol. The summed E-state index contributed by atoms with van der Waals surface area (Å²) < 4.78 is 4.37. The lowest BCUT2D eigenvalue weighted by atomic mass is 10.1. The first-order valence-corrected chi connectivity index (χ1v) is 4.59. The van der Waals surface area contributed by atoms with Crippen LogP contribution < -0.4 is 0 Å². The molecule has 0 aliphatic heterocycles. The van der Waals surface area contributed by atoms with E-state index in [0.717, 1.165) is 21.2 Å². The van der Waals surface area contributed by atoms with Crippen molar-refractivity contribution in [2.75, 3.05) is 0 Å². The van der Waals surface area contributed by atoms with Crippen molar-refractivity contribution < 1.29 is 0 Å². The fraction of sp³-hybridized carbons (Fsp3) is 0.500. The van der Waals surface area contributed by atoms with E-state index in [1.165, 1.54) is 11.3 Å². The minimum atomic E-state index is 1.07. The van der Waals surface area contributed by atoms with Gasteiger partial charge in [-0.05, 0) is 24.2 Å². The molecule has 0 saturated carbocycles. The molecular formula is C8H12NP. The lowest BCUT2D eigenvalue weighted by Crippen LogP contribution is -1.90. The minimum Gasteiger partial charge on any atom is -0.232 e. The van der Waals surface area contributed by atoms with Crippen LogP contribution >= 0.6 is 8.35 Å². The van der Waals surface area contributed by atoms with E-state index in [1.54, 1.807) is 0 Å². The molecule has 0 unspecified atom stereocenters. The Hall–Kier alpha value is -0.420. The summed E-state index contributed by atoms with van der Waals surface area (Å²) in [6, 6.07) is 2.19. The first-order chi connectivity index (χ1) is 4.88. The summed E-state index contributed by atoms with van der Waals surface area (Å²) in [4.78, 5) is 0. The van der Waals surface area contributed by atoms with Gasteiger partial charge >= 0.3 is 0 Å². The fourth-order valence-corrected chi connectivity index (χ4v) is 1.73. The number of rotatable bonds is 2. The van der Waals surface area contributed by atoms with Crippen LogP contribution in [0, 0.1) is 0 Å². The maximum Gasteiger partial charge on any atom is 0.0482 e. The van der Waals surface area contributed by atoms with E-state index in [2.05, 4.69) is 30.5 Å². The average molecular weight is 153 g/mol. The van der Waals surface area contributed by atoms with Gasteiger partial charge in [-0.3, -0.25) is 0 Å². The molecule has 1 aromatic heterocycles. The van der Waals surface area contributed by atoms with E-state index in [1.807, 2.05) is 0 Å². The third-order valence-electron chi connectivity index (χ3n) is 1.61. The molecule has 0 fully saturated rings. The molecule has 0 N–H and O–H groups in total. The van der Waals surface area contributed by atoms with Crippen LogP contribution in [0.15, 0.2) is 11.9 Å². The highest BCUT2D eigenvalue weighted by Crippen LogP contribution is 2.10. The normalized spacial score (nSPS) is 10.6. The van der Waals surface area contributed by atoms with Crippen molar-refractivity contribution in [3.05, 3.63) is 23.1 Å². The Bertz CT molecular complexity index is 187. The topological polar surface area (TPSA) is 12.9 Å². The zero-order valence-corrected chi connectivity index (χ0v) is 7.36. The van der Waals surface area contributed by atoms with Crippen LogP contribution in [0.3, 0.4) is 0 Å². The van der Waals surface area contributed by atoms with E-state index < -0.39 is 0 Å². The van der Waals surface area contributed by atoms with Crippen molar-refractivity contribution in [2.45, 2.75) is 26.7 Å². The van der Waals surface area contributed by atoms with Gasteiger partial charge in [-0.1, -0.05) is 19.9 Å². The molecule has 0 amide bonds. The van der Waals surface area contributed by atoms with Crippen LogP contribution in [-0.4, -0.2) is 4.75 Å². The highest BCUT2D eigenvalue weighted by atomic mass is 31.0. The first kappa shape index (κ1) is 7.68. The highest BCUT2D eigenvalue weighted by Gasteiger charge is 1.96. The van der Waals surface area contributed by atoms with E-state index in [0.29, 0.717) is 0 Å². The molecule has 10 heavy (non-hydrogen) atoms. The number of aryl methyl sites for hydroxylation is 2. The van der Waals surface area contributed by atoms with Gasteiger partial charge in [0.15, 0.2) is 0 Å². The Balaban J connectivity index is 2.96. The van der Waals surface area contributed by atoms with Gasteiger partial charge in [0.05, 0.1) is 0 Å².